The van der Waals surface area contributed by atoms with Gasteiger partial charge in [0.25, 0.3) is 0 Å². The van der Waals surface area contributed by atoms with Gasteiger partial charge in [-0.05, 0) is 32.1 Å². The lowest BCUT2D eigenvalue weighted by Crippen LogP contribution is -2.24. The molecule has 0 amide bonds. The van der Waals surface area contributed by atoms with Gasteiger partial charge >= 0.3 is 0 Å². The Morgan fingerprint density at radius 1 is 1.56 bits per heavy atom. The van der Waals surface area contributed by atoms with Crippen LogP contribution in [-0.2, 0) is 0 Å². The summed E-state index contributed by atoms with van der Waals surface area (Å²) in [5, 5.41) is 12.3. The van der Waals surface area contributed by atoms with Crippen molar-refractivity contribution in [1.29, 1.82) is 5.26 Å². The molecule has 4 heteroatoms. The van der Waals surface area contributed by atoms with E-state index in [2.05, 4.69) is 23.3 Å². The highest BCUT2D eigenvalue weighted by Gasteiger charge is 2.19. The third kappa shape index (κ3) is 2.10. The fraction of sp³-hybridized carbons (Fsp3) is 0.417. The second-order valence-electron chi connectivity index (χ2n) is 4.27. The summed E-state index contributed by atoms with van der Waals surface area (Å²) in [5.41, 5.74) is 7.88. The number of hydrogen-bond donors (Lipinski definition) is 2. The number of nitrogens with one attached hydrogen (secondary N) is 1. The number of nitriles is 1. The van der Waals surface area contributed by atoms with Crippen molar-refractivity contribution in [3.8, 4) is 6.07 Å². The van der Waals surface area contributed by atoms with Crippen LogP contribution in [0.1, 0.15) is 12.0 Å². The van der Waals surface area contributed by atoms with Crippen LogP contribution in [-0.4, -0.2) is 31.1 Å². The van der Waals surface area contributed by atoms with Crippen LogP contribution < -0.4 is 11.1 Å². The van der Waals surface area contributed by atoms with Gasteiger partial charge in [0.05, 0.1) is 16.9 Å². The number of nitrogen functional groups attached to an aromatic ring is 1. The molecule has 1 saturated heterocycles. The lowest BCUT2D eigenvalue weighted by Gasteiger charge is -2.16. The van der Waals surface area contributed by atoms with Crippen LogP contribution in [0.15, 0.2) is 18.2 Å². The lowest BCUT2D eigenvalue weighted by molar-refractivity contribution is 0.414. The molecule has 1 fully saturated rings. The fourth-order valence-electron chi connectivity index (χ4n) is 2.06. The SMILES string of the molecule is CN1CCC(Nc2cccc(C#N)c2N)C1. The van der Waals surface area contributed by atoms with Crippen molar-refractivity contribution in [3.05, 3.63) is 23.8 Å². The van der Waals surface area contributed by atoms with Crippen molar-refractivity contribution in [2.75, 3.05) is 31.2 Å². The summed E-state index contributed by atoms with van der Waals surface area (Å²) in [6, 6.07) is 8.05. The Balaban J connectivity index is 2.13. The molecule has 0 aliphatic carbocycles. The summed E-state index contributed by atoms with van der Waals surface area (Å²) >= 11 is 0. The first-order valence-electron chi connectivity index (χ1n) is 5.44. The summed E-state index contributed by atoms with van der Waals surface area (Å²) in [7, 11) is 2.11. The topological polar surface area (TPSA) is 65.1 Å². The minimum Gasteiger partial charge on any atom is -0.396 e. The molecule has 0 saturated carbocycles. The Morgan fingerprint density at radius 2 is 2.38 bits per heavy atom. The maximum absolute atomic E-state index is 8.88. The summed E-state index contributed by atoms with van der Waals surface area (Å²) in [4.78, 5) is 2.28. The molecule has 1 aromatic rings. The third-order valence-electron chi connectivity index (χ3n) is 2.98. The number of nitrogens with zero attached hydrogens (tertiary/aromatic N) is 2. The van der Waals surface area contributed by atoms with E-state index in [1.54, 1.807) is 6.07 Å². The highest BCUT2D eigenvalue weighted by atomic mass is 15.2. The van der Waals surface area contributed by atoms with Gasteiger partial charge in [0.1, 0.15) is 6.07 Å². The van der Waals surface area contributed by atoms with Crippen LogP contribution in [0, 0.1) is 11.3 Å². The first kappa shape index (κ1) is 10.8. The molecule has 3 N–H and O–H groups in total. The van der Waals surface area contributed by atoms with Crippen LogP contribution >= 0.6 is 0 Å². The average molecular weight is 216 g/mol. The molecule has 1 aromatic carbocycles. The molecular weight excluding hydrogens is 200 g/mol. The Labute approximate surface area is 95.7 Å². The van der Waals surface area contributed by atoms with Gasteiger partial charge in [0.2, 0.25) is 0 Å². The van der Waals surface area contributed by atoms with Crippen molar-refractivity contribution in [2.24, 2.45) is 0 Å². The quantitative estimate of drug-likeness (QED) is 0.730. The third-order valence-corrected chi connectivity index (χ3v) is 2.98. The van der Waals surface area contributed by atoms with E-state index < -0.39 is 0 Å². The van der Waals surface area contributed by atoms with Gasteiger partial charge in [0, 0.05) is 12.6 Å². The van der Waals surface area contributed by atoms with Crippen molar-refractivity contribution >= 4 is 11.4 Å². The minimum absolute atomic E-state index is 0.432. The molecule has 1 aliphatic heterocycles. The van der Waals surface area contributed by atoms with Crippen LogP contribution in [0.25, 0.3) is 0 Å². The molecule has 1 unspecified atom stereocenters. The summed E-state index contributed by atoms with van der Waals surface area (Å²) < 4.78 is 0. The van der Waals surface area contributed by atoms with Gasteiger partial charge < -0.3 is 16.0 Å². The molecule has 16 heavy (non-hydrogen) atoms. The normalized spacial score (nSPS) is 20.6. The standard InChI is InChI=1S/C12H16N4/c1-16-6-5-10(8-16)15-11-4-2-3-9(7-13)12(11)14/h2-4,10,15H,5-6,8,14H2,1H3. The molecule has 1 atom stereocenters. The van der Waals surface area contributed by atoms with Crippen LogP contribution in [0.5, 0.6) is 0 Å². The number of benzene rings is 1. The van der Waals surface area contributed by atoms with Crippen LogP contribution in [0.4, 0.5) is 11.4 Å². The highest BCUT2D eigenvalue weighted by molar-refractivity contribution is 5.73. The lowest BCUT2D eigenvalue weighted by atomic mass is 10.1. The predicted molar refractivity (Wildman–Crippen MR) is 65.1 cm³/mol. The second-order valence-corrected chi connectivity index (χ2v) is 4.27. The number of para-hydroxylation sites is 1. The van der Waals surface area contributed by atoms with E-state index in [0.29, 0.717) is 17.3 Å². The van der Waals surface area contributed by atoms with Gasteiger partial charge in [-0.15, -0.1) is 0 Å². The van der Waals surface area contributed by atoms with Crippen molar-refractivity contribution in [2.45, 2.75) is 12.5 Å². The maximum Gasteiger partial charge on any atom is 0.101 e. The molecule has 1 aliphatic rings. The van der Waals surface area contributed by atoms with Gasteiger partial charge in [-0.25, -0.2) is 0 Å². The number of anilines is 2. The zero-order valence-electron chi connectivity index (χ0n) is 9.40. The molecule has 1 heterocycles. The molecule has 2 rings (SSSR count). The van der Waals surface area contributed by atoms with Crippen LogP contribution in [0.2, 0.25) is 0 Å². The summed E-state index contributed by atoms with van der Waals surface area (Å²) in [6.45, 7) is 2.13. The number of likely N-dealkylation sites (N-methyl/N-ethyl adjacent to an activating group) is 1. The average Bonchev–Trinajstić information content (AvgIpc) is 2.67. The Morgan fingerprint density at radius 3 is 3.00 bits per heavy atom. The van der Waals surface area contributed by atoms with Gasteiger partial charge in [0.15, 0.2) is 0 Å². The van der Waals surface area contributed by atoms with E-state index in [4.69, 9.17) is 11.0 Å². The van der Waals surface area contributed by atoms with E-state index in [-0.39, 0.29) is 0 Å². The first-order chi connectivity index (χ1) is 7.70. The minimum atomic E-state index is 0.432. The molecule has 0 bridgehead atoms. The zero-order chi connectivity index (χ0) is 11.5. The number of rotatable bonds is 2. The van der Waals surface area contributed by atoms with E-state index >= 15 is 0 Å². The molecule has 0 spiro atoms. The molecular formula is C12H16N4. The van der Waals surface area contributed by atoms with Crippen molar-refractivity contribution < 1.29 is 0 Å². The second kappa shape index (κ2) is 4.42. The van der Waals surface area contributed by atoms with Gasteiger partial charge in [-0.3, -0.25) is 0 Å². The largest absolute Gasteiger partial charge is 0.396 e. The monoisotopic (exact) mass is 216 g/mol. The van der Waals surface area contributed by atoms with Crippen LogP contribution in [0.3, 0.4) is 0 Å². The Bertz CT molecular complexity index is 422. The van der Waals surface area contributed by atoms with Gasteiger partial charge in [-0.2, -0.15) is 5.26 Å². The molecule has 0 aromatic heterocycles. The van der Waals surface area contributed by atoms with Crippen molar-refractivity contribution in [1.82, 2.24) is 4.90 Å². The van der Waals surface area contributed by atoms with E-state index in [0.717, 1.165) is 25.2 Å². The molecule has 4 nitrogen and oxygen atoms in total. The fourth-order valence-corrected chi connectivity index (χ4v) is 2.06. The van der Waals surface area contributed by atoms with E-state index in [1.165, 1.54) is 0 Å². The predicted octanol–water partition coefficient (Wildman–Crippen LogP) is 1.26. The van der Waals surface area contributed by atoms with E-state index in [9.17, 15) is 0 Å². The van der Waals surface area contributed by atoms with E-state index in [1.807, 2.05) is 12.1 Å². The summed E-state index contributed by atoms with van der Waals surface area (Å²) in [5.74, 6) is 0. The molecule has 84 valence electrons. The first-order valence-corrected chi connectivity index (χ1v) is 5.44. The smallest absolute Gasteiger partial charge is 0.101 e. The number of likely N-dealkylation sites (tertiary alicyclic amines) is 1. The number of hydrogen-bond acceptors (Lipinski definition) is 4. The van der Waals surface area contributed by atoms with Crippen molar-refractivity contribution in [3.63, 3.8) is 0 Å². The highest BCUT2D eigenvalue weighted by Crippen LogP contribution is 2.24. The van der Waals surface area contributed by atoms with Gasteiger partial charge in [-0.1, -0.05) is 6.07 Å². The Hall–Kier alpha value is -1.73. The Kier molecular flexibility index (Phi) is 2.97. The summed E-state index contributed by atoms with van der Waals surface area (Å²) in [6.07, 6.45) is 1.12. The number of nitrogens with two attached hydrogens (primary N) is 1. The zero-order valence-corrected chi connectivity index (χ0v) is 9.40. The maximum atomic E-state index is 8.88. The molecule has 0 radical (unpaired) electrons.